The number of fused-ring (bicyclic) bond motifs is 4. The summed E-state index contributed by atoms with van der Waals surface area (Å²) in [4.78, 5) is 12.5. The molecule has 0 aromatic heterocycles. The number of rotatable bonds is 5. The fourth-order valence-corrected chi connectivity index (χ4v) is 9.41. The second-order valence-electron chi connectivity index (χ2n) is 13.5. The van der Waals surface area contributed by atoms with Crippen molar-refractivity contribution >= 4 is 5.97 Å². The number of allylic oxidation sites excluding steroid dienone is 4. The predicted molar refractivity (Wildman–Crippen MR) is 135 cm³/mol. The van der Waals surface area contributed by atoms with Crippen LogP contribution in [0, 0.1) is 39.4 Å². The Bertz CT molecular complexity index is 862. The van der Waals surface area contributed by atoms with E-state index < -0.39 is 5.97 Å². The summed E-state index contributed by atoms with van der Waals surface area (Å²) in [6.45, 7) is 16.2. The second kappa shape index (κ2) is 8.25. The average molecular weight is 457 g/mol. The van der Waals surface area contributed by atoms with E-state index in [1.807, 2.05) is 0 Å². The molecule has 0 aliphatic heterocycles. The summed E-state index contributed by atoms with van der Waals surface area (Å²) in [6.07, 6.45) is 12.3. The summed E-state index contributed by atoms with van der Waals surface area (Å²) in [5.74, 6) is -0.0420. The summed E-state index contributed by atoms with van der Waals surface area (Å²) in [5.41, 5.74) is 5.00. The lowest BCUT2D eigenvalue weighted by molar-refractivity contribution is -0.146. The Morgan fingerprint density at radius 2 is 1.70 bits per heavy atom. The average Bonchev–Trinajstić information content (AvgIpc) is 3.00. The Hall–Kier alpha value is -1.09. The van der Waals surface area contributed by atoms with Crippen molar-refractivity contribution in [2.24, 2.45) is 39.4 Å². The van der Waals surface area contributed by atoms with E-state index in [1.165, 1.54) is 12.0 Å². The minimum atomic E-state index is -0.592. The van der Waals surface area contributed by atoms with Gasteiger partial charge in [0.25, 0.3) is 0 Å². The van der Waals surface area contributed by atoms with Gasteiger partial charge in [-0.3, -0.25) is 4.79 Å². The molecule has 2 N–H and O–H groups in total. The summed E-state index contributed by atoms with van der Waals surface area (Å²) in [6, 6.07) is 0. The molecule has 2 fully saturated rings. The summed E-state index contributed by atoms with van der Waals surface area (Å²) in [7, 11) is 0. The first-order valence-electron chi connectivity index (χ1n) is 13.6. The van der Waals surface area contributed by atoms with Crippen molar-refractivity contribution in [3.63, 3.8) is 0 Å². The van der Waals surface area contributed by atoms with Gasteiger partial charge in [-0.2, -0.15) is 0 Å². The third kappa shape index (κ3) is 3.58. The number of carbonyl (C=O) groups is 1. The number of carboxylic acid groups (broad SMARTS) is 1. The zero-order valence-electron chi connectivity index (χ0n) is 22.3. The van der Waals surface area contributed by atoms with Crippen molar-refractivity contribution in [2.45, 2.75) is 119 Å². The third-order valence-corrected chi connectivity index (χ3v) is 11.6. The highest BCUT2D eigenvalue weighted by molar-refractivity contribution is 5.70. The van der Waals surface area contributed by atoms with Crippen LogP contribution >= 0.6 is 0 Å². The molecule has 1 unspecified atom stereocenters. The fourth-order valence-electron chi connectivity index (χ4n) is 9.41. The summed E-state index contributed by atoms with van der Waals surface area (Å²) >= 11 is 0. The molecule has 0 heterocycles. The van der Waals surface area contributed by atoms with Gasteiger partial charge in [-0.1, -0.05) is 57.4 Å². The molecule has 0 amide bonds. The summed E-state index contributed by atoms with van der Waals surface area (Å²) < 4.78 is 0. The van der Waals surface area contributed by atoms with Crippen LogP contribution in [-0.4, -0.2) is 22.3 Å². The van der Waals surface area contributed by atoms with Gasteiger partial charge in [-0.15, -0.1) is 0 Å². The van der Waals surface area contributed by atoms with Crippen LogP contribution < -0.4 is 0 Å². The normalized spacial score (nSPS) is 42.7. The van der Waals surface area contributed by atoms with Crippen molar-refractivity contribution in [1.29, 1.82) is 0 Å². The molecule has 4 aliphatic carbocycles. The highest BCUT2D eigenvalue weighted by Gasteiger charge is 2.64. The Labute approximate surface area is 202 Å². The van der Waals surface area contributed by atoms with E-state index in [0.29, 0.717) is 5.92 Å². The standard InChI is InChI=1S/C30H48O3/c1-19(2)9-8-10-20(26(32)33)21-13-17-30(7)23-11-12-24-27(3,4)25(31)15-16-28(24,5)22(23)14-18-29(21,30)6/h9,20-21,24-25,31H,8,10-18H2,1-7H3,(H,32,33)/t20-,21-,24?,25+,28-,29-,30+/m0/s1. The van der Waals surface area contributed by atoms with Crippen LogP contribution in [0.3, 0.4) is 0 Å². The molecule has 4 aliphatic rings. The van der Waals surface area contributed by atoms with Crippen LogP contribution in [0.2, 0.25) is 0 Å². The van der Waals surface area contributed by atoms with E-state index in [2.05, 4.69) is 54.5 Å². The van der Waals surface area contributed by atoms with E-state index in [-0.39, 0.29) is 39.6 Å². The third-order valence-electron chi connectivity index (χ3n) is 11.6. The molecule has 3 nitrogen and oxygen atoms in total. The molecule has 7 atom stereocenters. The second-order valence-corrected chi connectivity index (χ2v) is 13.5. The molecule has 0 bridgehead atoms. The molecule has 0 aromatic carbocycles. The van der Waals surface area contributed by atoms with E-state index in [0.717, 1.165) is 57.8 Å². The first-order valence-corrected chi connectivity index (χ1v) is 13.6. The molecule has 0 radical (unpaired) electrons. The van der Waals surface area contributed by atoms with Gasteiger partial charge in [0.2, 0.25) is 0 Å². The van der Waals surface area contributed by atoms with Crippen LogP contribution in [0.1, 0.15) is 113 Å². The minimum absolute atomic E-state index is 0.0370. The van der Waals surface area contributed by atoms with Gasteiger partial charge in [0, 0.05) is 0 Å². The Morgan fingerprint density at radius 3 is 2.33 bits per heavy atom. The van der Waals surface area contributed by atoms with Gasteiger partial charge in [-0.25, -0.2) is 0 Å². The highest BCUT2D eigenvalue weighted by atomic mass is 16.4. The van der Waals surface area contributed by atoms with Crippen molar-refractivity contribution in [1.82, 2.24) is 0 Å². The SMILES string of the molecule is CC(C)=CCC[C@H](C(=O)O)[C@@H]1CC[C@]2(C)C3=C(CC[C@@]12C)[C@]1(C)CC[C@@H](O)C(C)(C)C1CC3. The monoisotopic (exact) mass is 456 g/mol. The molecule has 0 spiro atoms. The van der Waals surface area contributed by atoms with Crippen LogP contribution in [0.25, 0.3) is 0 Å². The lowest BCUT2D eigenvalue weighted by Crippen LogP contribution is -2.55. The fraction of sp³-hybridized carbons (Fsp3) is 0.833. The largest absolute Gasteiger partial charge is 0.481 e. The molecule has 3 heteroatoms. The van der Waals surface area contributed by atoms with E-state index in [9.17, 15) is 15.0 Å². The van der Waals surface area contributed by atoms with Gasteiger partial charge in [-0.05, 0) is 112 Å². The van der Waals surface area contributed by atoms with Gasteiger partial charge >= 0.3 is 5.97 Å². The van der Waals surface area contributed by atoms with Crippen LogP contribution in [0.5, 0.6) is 0 Å². The zero-order valence-corrected chi connectivity index (χ0v) is 22.3. The first kappa shape index (κ1) is 25.0. The zero-order chi connectivity index (χ0) is 24.4. The molecule has 0 saturated heterocycles. The van der Waals surface area contributed by atoms with Gasteiger partial charge < -0.3 is 10.2 Å². The molecule has 2 saturated carbocycles. The van der Waals surface area contributed by atoms with Crippen molar-refractivity contribution < 1.29 is 15.0 Å². The van der Waals surface area contributed by atoms with Crippen molar-refractivity contribution in [2.75, 3.05) is 0 Å². The lowest BCUT2D eigenvalue weighted by atomic mass is 9.43. The van der Waals surface area contributed by atoms with Crippen LogP contribution in [0.4, 0.5) is 0 Å². The number of hydrogen-bond acceptors (Lipinski definition) is 2. The lowest BCUT2D eigenvalue weighted by Gasteiger charge is -2.62. The van der Waals surface area contributed by atoms with Gasteiger partial charge in [0.15, 0.2) is 0 Å². The number of aliphatic hydroxyl groups is 1. The molecular weight excluding hydrogens is 408 g/mol. The number of hydrogen-bond donors (Lipinski definition) is 2. The highest BCUT2D eigenvalue weighted by Crippen LogP contribution is 2.72. The van der Waals surface area contributed by atoms with E-state index in [1.54, 1.807) is 11.1 Å². The molecule has 33 heavy (non-hydrogen) atoms. The van der Waals surface area contributed by atoms with Crippen LogP contribution in [-0.2, 0) is 4.79 Å². The maximum atomic E-state index is 12.5. The number of aliphatic carboxylic acids is 1. The van der Waals surface area contributed by atoms with Crippen molar-refractivity contribution in [3.8, 4) is 0 Å². The molecule has 186 valence electrons. The molecular formula is C30H48O3. The van der Waals surface area contributed by atoms with Crippen LogP contribution in [0.15, 0.2) is 22.8 Å². The summed E-state index contributed by atoms with van der Waals surface area (Å²) in [5, 5.41) is 21.0. The van der Waals surface area contributed by atoms with Crippen molar-refractivity contribution in [3.05, 3.63) is 22.8 Å². The Morgan fingerprint density at radius 1 is 1.00 bits per heavy atom. The maximum Gasteiger partial charge on any atom is 0.306 e. The predicted octanol–water partition coefficient (Wildman–Crippen LogP) is 7.54. The Balaban J connectivity index is 1.69. The maximum absolute atomic E-state index is 12.5. The van der Waals surface area contributed by atoms with E-state index in [4.69, 9.17) is 0 Å². The minimum Gasteiger partial charge on any atom is -0.481 e. The molecule has 4 rings (SSSR count). The first-order chi connectivity index (χ1) is 15.3. The van der Waals surface area contributed by atoms with E-state index >= 15 is 0 Å². The van der Waals surface area contributed by atoms with Gasteiger partial charge in [0.1, 0.15) is 0 Å². The number of carboxylic acids is 1. The smallest absolute Gasteiger partial charge is 0.306 e. The quantitative estimate of drug-likeness (QED) is 0.420. The van der Waals surface area contributed by atoms with Gasteiger partial charge in [0.05, 0.1) is 12.0 Å². The number of aliphatic hydroxyl groups excluding tert-OH is 1. The topological polar surface area (TPSA) is 57.5 Å². The molecule has 0 aromatic rings. The Kier molecular flexibility index (Phi) is 6.25.